The van der Waals surface area contributed by atoms with Crippen LogP contribution in [0.1, 0.15) is 17.7 Å². The van der Waals surface area contributed by atoms with Gasteiger partial charge in [0, 0.05) is 54.1 Å². The van der Waals surface area contributed by atoms with E-state index in [1.165, 1.54) is 0 Å². The van der Waals surface area contributed by atoms with Gasteiger partial charge < -0.3 is 19.5 Å². The third-order valence-electron chi connectivity index (χ3n) is 5.12. The lowest BCUT2D eigenvalue weighted by atomic mass is 10.0. The number of fused-ring (bicyclic) bond motifs is 1. The third kappa shape index (κ3) is 4.76. The fourth-order valence-electron chi connectivity index (χ4n) is 3.83. The molecule has 1 aliphatic heterocycles. The molecule has 0 bridgehead atoms. The minimum atomic E-state index is 0.0272. The summed E-state index contributed by atoms with van der Waals surface area (Å²) in [7, 11) is 4.07. The van der Waals surface area contributed by atoms with Crippen molar-refractivity contribution >= 4 is 16.8 Å². The van der Waals surface area contributed by atoms with Crippen molar-refractivity contribution in [1.82, 2.24) is 14.8 Å². The van der Waals surface area contributed by atoms with Crippen LogP contribution in [-0.2, 0) is 16.0 Å². The summed E-state index contributed by atoms with van der Waals surface area (Å²) in [5.41, 5.74) is 2.42. The van der Waals surface area contributed by atoms with E-state index in [2.05, 4.69) is 9.88 Å². The molecule has 1 aliphatic rings. The fraction of sp³-hybridized carbons (Fsp3) is 0.524. The van der Waals surface area contributed by atoms with Crippen molar-refractivity contribution in [2.24, 2.45) is 5.92 Å². The van der Waals surface area contributed by atoms with Crippen LogP contribution in [-0.4, -0.2) is 67.6 Å². The van der Waals surface area contributed by atoms with Gasteiger partial charge in [-0.05, 0) is 39.6 Å². The minimum Gasteiger partial charge on any atom is -0.379 e. The summed E-state index contributed by atoms with van der Waals surface area (Å²) in [5, 5.41) is 0.680. The number of hydrogen-bond acceptors (Lipinski definition) is 4. The molecule has 1 atom stereocenters. The zero-order valence-corrected chi connectivity index (χ0v) is 16.5. The quantitative estimate of drug-likeness (QED) is 0.871. The Balaban J connectivity index is 1.70. The molecule has 0 saturated carbocycles. The summed E-state index contributed by atoms with van der Waals surface area (Å²) in [6.07, 6.45) is 0.803. The molecule has 1 fully saturated rings. The van der Waals surface area contributed by atoms with Crippen molar-refractivity contribution in [3.8, 4) is 0 Å². The van der Waals surface area contributed by atoms with Gasteiger partial charge >= 0.3 is 0 Å². The van der Waals surface area contributed by atoms with E-state index in [4.69, 9.17) is 4.74 Å². The second-order valence-corrected chi connectivity index (χ2v) is 7.65. The van der Waals surface area contributed by atoms with Gasteiger partial charge in [-0.1, -0.05) is 12.1 Å². The van der Waals surface area contributed by atoms with Gasteiger partial charge in [-0.15, -0.1) is 0 Å². The van der Waals surface area contributed by atoms with Crippen LogP contribution in [0.5, 0.6) is 0 Å². The van der Waals surface area contributed by atoms with Crippen LogP contribution in [0.3, 0.4) is 0 Å². The van der Waals surface area contributed by atoms with E-state index in [0.717, 1.165) is 17.8 Å². The highest BCUT2D eigenvalue weighted by Gasteiger charge is 2.23. The number of aromatic nitrogens is 1. The summed E-state index contributed by atoms with van der Waals surface area (Å²) in [5.74, 6) is 0.411. The number of H-pyrrole nitrogens is 1. The first kappa shape index (κ1) is 19.6. The molecule has 0 radical (unpaired) electrons. The highest BCUT2D eigenvalue weighted by atomic mass is 16.5. The van der Waals surface area contributed by atoms with Crippen LogP contribution in [0.2, 0.25) is 0 Å². The molecule has 1 saturated heterocycles. The maximum atomic E-state index is 12.8. The topological polar surface area (TPSA) is 65.6 Å². The van der Waals surface area contributed by atoms with Gasteiger partial charge in [-0.2, -0.15) is 0 Å². The lowest BCUT2D eigenvalue weighted by molar-refractivity contribution is -0.131. The highest BCUT2D eigenvalue weighted by Crippen LogP contribution is 2.14. The molecule has 27 heavy (non-hydrogen) atoms. The number of nitrogens with one attached hydrogen (secondary N) is 1. The summed E-state index contributed by atoms with van der Waals surface area (Å²) >= 11 is 0. The minimum absolute atomic E-state index is 0.0272. The molecule has 146 valence electrons. The van der Waals surface area contributed by atoms with Gasteiger partial charge in [0.1, 0.15) is 0 Å². The van der Waals surface area contributed by atoms with E-state index in [1.54, 1.807) is 0 Å². The molecule has 0 aliphatic carbocycles. The van der Waals surface area contributed by atoms with Crippen LogP contribution in [0.4, 0.5) is 0 Å². The number of aromatic amines is 1. The Hall–Kier alpha value is -2.18. The number of nitrogens with zero attached hydrogens (tertiary/aromatic N) is 2. The monoisotopic (exact) mass is 371 g/mol. The van der Waals surface area contributed by atoms with E-state index in [9.17, 15) is 9.59 Å². The number of carbonyl (C=O) groups is 1. The second kappa shape index (κ2) is 8.67. The van der Waals surface area contributed by atoms with E-state index in [-0.39, 0.29) is 11.3 Å². The second-order valence-electron chi connectivity index (χ2n) is 7.65. The van der Waals surface area contributed by atoms with Crippen molar-refractivity contribution in [2.45, 2.75) is 19.8 Å². The first-order chi connectivity index (χ1) is 13.0. The number of ether oxygens (including phenoxy) is 1. The van der Waals surface area contributed by atoms with E-state index < -0.39 is 0 Å². The smallest absolute Gasteiger partial charge is 0.222 e. The van der Waals surface area contributed by atoms with Crippen molar-refractivity contribution in [1.29, 1.82) is 0 Å². The lowest BCUT2D eigenvalue weighted by Gasteiger charge is -2.25. The van der Waals surface area contributed by atoms with Crippen LogP contribution in [0, 0.1) is 12.8 Å². The normalized spacial score (nSPS) is 18.1. The van der Waals surface area contributed by atoms with E-state index in [1.807, 2.05) is 50.2 Å². The zero-order chi connectivity index (χ0) is 19.4. The molecule has 0 spiro atoms. The van der Waals surface area contributed by atoms with Crippen LogP contribution in [0.15, 0.2) is 29.1 Å². The molecule has 2 aromatic rings. The molecular formula is C21H29N3O3. The van der Waals surface area contributed by atoms with Gasteiger partial charge in [-0.25, -0.2) is 0 Å². The number of para-hydroxylation sites is 1. The van der Waals surface area contributed by atoms with Crippen molar-refractivity contribution in [3.05, 3.63) is 45.7 Å². The molecule has 6 heteroatoms. The Morgan fingerprint density at radius 2 is 2.11 bits per heavy atom. The Morgan fingerprint density at radius 1 is 1.33 bits per heavy atom. The number of benzene rings is 1. The van der Waals surface area contributed by atoms with Crippen LogP contribution in [0.25, 0.3) is 10.9 Å². The molecule has 1 amide bonds. The molecule has 6 nitrogen and oxygen atoms in total. The Morgan fingerprint density at radius 3 is 2.89 bits per heavy atom. The van der Waals surface area contributed by atoms with Gasteiger partial charge in [0.15, 0.2) is 5.43 Å². The summed E-state index contributed by atoms with van der Waals surface area (Å²) < 4.78 is 5.66. The number of rotatable bonds is 5. The maximum absolute atomic E-state index is 12.8. The summed E-state index contributed by atoms with van der Waals surface area (Å²) in [4.78, 5) is 32.9. The fourth-order valence-corrected chi connectivity index (χ4v) is 3.83. The summed E-state index contributed by atoms with van der Waals surface area (Å²) in [6, 6.07) is 7.51. The first-order valence-corrected chi connectivity index (χ1v) is 9.56. The predicted molar refractivity (Wildman–Crippen MR) is 107 cm³/mol. The van der Waals surface area contributed by atoms with E-state index >= 15 is 0 Å². The standard InChI is InChI=1S/C21H29N3O3/c1-15-17(21(26)18-6-4-5-7-19(18)22-15)8-9-20(25)24-10-11-27-14-16(13-24)12-23(2)3/h4-7,16H,8-14H2,1-3H3,(H,22,26)/t16-/m1/s1. The maximum Gasteiger partial charge on any atom is 0.222 e. The van der Waals surface area contributed by atoms with Crippen molar-refractivity contribution in [3.63, 3.8) is 0 Å². The number of hydrogen-bond donors (Lipinski definition) is 1. The Kier molecular flexibility index (Phi) is 6.29. The number of carbonyl (C=O) groups excluding carboxylic acids is 1. The van der Waals surface area contributed by atoms with E-state index in [0.29, 0.717) is 56.0 Å². The van der Waals surface area contributed by atoms with Gasteiger partial charge in [-0.3, -0.25) is 9.59 Å². The van der Waals surface area contributed by atoms with Gasteiger partial charge in [0.25, 0.3) is 0 Å². The average molecular weight is 371 g/mol. The molecule has 1 aromatic carbocycles. The Labute approximate surface area is 160 Å². The largest absolute Gasteiger partial charge is 0.379 e. The Bertz CT molecular complexity index is 859. The molecule has 0 unspecified atom stereocenters. The van der Waals surface area contributed by atoms with Gasteiger partial charge in [0.05, 0.1) is 13.2 Å². The average Bonchev–Trinajstić information content (AvgIpc) is 2.86. The van der Waals surface area contributed by atoms with Crippen LogP contribution >= 0.6 is 0 Å². The van der Waals surface area contributed by atoms with Crippen molar-refractivity contribution in [2.75, 3.05) is 46.9 Å². The zero-order valence-electron chi connectivity index (χ0n) is 16.5. The molecular weight excluding hydrogens is 342 g/mol. The highest BCUT2D eigenvalue weighted by molar-refractivity contribution is 5.80. The SMILES string of the molecule is Cc1[nH]c2ccccc2c(=O)c1CCC(=O)N1CCOC[C@H](CN(C)C)C1. The number of amides is 1. The number of pyridine rings is 1. The molecule has 1 aromatic heterocycles. The molecule has 1 N–H and O–H groups in total. The number of aryl methyl sites for hydroxylation is 1. The van der Waals surface area contributed by atoms with Crippen LogP contribution < -0.4 is 5.43 Å². The summed E-state index contributed by atoms with van der Waals surface area (Å²) in [6.45, 7) is 5.39. The first-order valence-electron chi connectivity index (χ1n) is 9.56. The lowest BCUT2D eigenvalue weighted by Crippen LogP contribution is -2.39. The predicted octanol–water partition coefficient (Wildman–Crippen LogP) is 1.81. The molecule has 2 heterocycles. The van der Waals surface area contributed by atoms with Crippen molar-refractivity contribution < 1.29 is 9.53 Å². The molecule has 3 rings (SSSR count). The van der Waals surface area contributed by atoms with Gasteiger partial charge in [0.2, 0.25) is 5.91 Å². The third-order valence-corrected chi connectivity index (χ3v) is 5.12.